The van der Waals surface area contributed by atoms with Crippen molar-refractivity contribution < 1.29 is 39.2 Å². The number of fused-ring (bicyclic) bond motifs is 1. The number of ether oxygens (including phenoxy) is 1. The van der Waals surface area contributed by atoms with Crippen LogP contribution in [0.15, 0.2) is 28.2 Å². The summed E-state index contributed by atoms with van der Waals surface area (Å²) in [4.78, 5) is 61.9. The number of hydrogen-bond donors (Lipinski definition) is 7. The van der Waals surface area contributed by atoms with Gasteiger partial charge in [0, 0.05) is 12.1 Å². The number of carbonyl (C=O) groups is 4. The van der Waals surface area contributed by atoms with Gasteiger partial charge in [-0.1, -0.05) is 26.0 Å². The standard InChI is InChI=1S/C26H33N9O8/c1-24(2)6-7-43-18-12(4-3-5-13(18)24)20(39)30-15-9-35-22(28)29-14(19-25(35,26(15,41)42)32-21(27)31-19)8-34-16(36)10-33(23(34)40)11-17(37)38/h3-5,14-15,19,41-42H,6-11H2,1-2H3,(H2,28,29)(H,30,39)(H,37,38)(H3,27,31,32)/t14-,15?,19?,25?/m0/s1. The second-order valence-electron chi connectivity index (χ2n) is 12.0. The van der Waals surface area contributed by atoms with Crippen LogP contribution in [0, 0.1) is 0 Å². The van der Waals surface area contributed by atoms with Crippen LogP contribution in [0.5, 0.6) is 5.75 Å². The van der Waals surface area contributed by atoms with Gasteiger partial charge in [-0.05, 0) is 17.9 Å². The number of aliphatic imine (C=N–C) groups is 2. The number of nitrogens with zero attached hydrogens (tertiary/aromatic N) is 5. The lowest BCUT2D eigenvalue weighted by Crippen LogP contribution is -2.78. The molecule has 17 nitrogen and oxygen atoms in total. The van der Waals surface area contributed by atoms with E-state index < -0.39 is 66.5 Å². The van der Waals surface area contributed by atoms with Gasteiger partial charge in [-0.15, -0.1) is 0 Å². The van der Waals surface area contributed by atoms with E-state index in [1.807, 2.05) is 6.07 Å². The van der Waals surface area contributed by atoms with Gasteiger partial charge in [0.1, 0.15) is 30.9 Å². The van der Waals surface area contributed by atoms with Gasteiger partial charge >= 0.3 is 12.0 Å². The van der Waals surface area contributed by atoms with Gasteiger partial charge in [-0.25, -0.2) is 14.8 Å². The molecule has 2 fully saturated rings. The van der Waals surface area contributed by atoms with E-state index in [9.17, 15) is 29.4 Å². The van der Waals surface area contributed by atoms with Crippen LogP contribution >= 0.6 is 0 Å². The Labute approximate surface area is 245 Å². The maximum atomic E-state index is 13.6. The molecule has 0 aromatic heterocycles. The lowest BCUT2D eigenvalue weighted by atomic mass is 9.79. The van der Waals surface area contributed by atoms with Crippen LogP contribution in [0.2, 0.25) is 0 Å². The number of carbonyl (C=O) groups excluding carboxylic acids is 3. The summed E-state index contributed by atoms with van der Waals surface area (Å²) in [6.45, 7) is 2.82. The van der Waals surface area contributed by atoms with E-state index in [1.165, 1.54) is 4.90 Å². The Morgan fingerprint density at radius 1 is 1.21 bits per heavy atom. The zero-order valence-corrected chi connectivity index (χ0v) is 23.5. The Bertz CT molecular complexity index is 1490. The number of urea groups is 1. The molecule has 4 atom stereocenters. The lowest BCUT2D eigenvalue weighted by Gasteiger charge is -2.49. The molecular formula is C26H33N9O8. The average molecular weight is 600 g/mol. The molecule has 0 saturated carbocycles. The van der Waals surface area contributed by atoms with Crippen LogP contribution in [-0.2, 0) is 15.0 Å². The fourth-order valence-corrected chi connectivity index (χ4v) is 6.67. The zero-order valence-electron chi connectivity index (χ0n) is 23.5. The Morgan fingerprint density at radius 2 is 1.95 bits per heavy atom. The highest BCUT2D eigenvalue weighted by Crippen LogP contribution is 2.45. The Kier molecular flexibility index (Phi) is 6.25. The number of aliphatic carboxylic acids is 1. The van der Waals surface area contributed by atoms with Crippen LogP contribution in [0.4, 0.5) is 4.79 Å². The van der Waals surface area contributed by atoms with E-state index >= 15 is 0 Å². The minimum atomic E-state index is -2.75. The highest BCUT2D eigenvalue weighted by Gasteiger charge is 2.73. The summed E-state index contributed by atoms with van der Waals surface area (Å²) in [7, 11) is 0. The number of rotatable bonds is 6. The third kappa shape index (κ3) is 4.13. The van der Waals surface area contributed by atoms with Gasteiger partial charge in [-0.2, -0.15) is 0 Å². The maximum Gasteiger partial charge on any atom is 0.327 e. The molecule has 230 valence electrons. The first kappa shape index (κ1) is 28.5. The quantitative estimate of drug-likeness (QED) is 0.127. The summed E-state index contributed by atoms with van der Waals surface area (Å²) in [6, 6.07) is 0.775. The second-order valence-corrected chi connectivity index (χ2v) is 12.0. The van der Waals surface area contributed by atoms with Gasteiger partial charge in [0.2, 0.25) is 11.7 Å². The van der Waals surface area contributed by atoms with Crippen LogP contribution in [-0.4, -0.2) is 128 Å². The molecule has 5 aliphatic heterocycles. The van der Waals surface area contributed by atoms with Crippen molar-refractivity contribution in [2.24, 2.45) is 21.5 Å². The molecule has 1 spiro atoms. The van der Waals surface area contributed by atoms with Gasteiger partial charge in [-0.3, -0.25) is 19.3 Å². The van der Waals surface area contributed by atoms with E-state index in [1.54, 1.807) is 12.1 Å². The molecule has 2 saturated heterocycles. The predicted molar refractivity (Wildman–Crippen MR) is 148 cm³/mol. The van der Waals surface area contributed by atoms with Crippen LogP contribution in [0.3, 0.4) is 0 Å². The summed E-state index contributed by atoms with van der Waals surface area (Å²) < 4.78 is 5.87. The van der Waals surface area contributed by atoms with Gasteiger partial charge in [0.05, 0.1) is 24.8 Å². The van der Waals surface area contributed by atoms with Crippen molar-refractivity contribution in [2.45, 2.75) is 55.3 Å². The fourth-order valence-electron chi connectivity index (χ4n) is 6.67. The van der Waals surface area contributed by atoms with Gasteiger partial charge in [0.15, 0.2) is 17.6 Å². The van der Waals surface area contributed by atoms with Crippen molar-refractivity contribution in [3.63, 3.8) is 0 Å². The number of aliphatic hydroxyl groups is 2. The maximum absolute atomic E-state index is 13.6. The van der Waals surface area contributed by atoms with Crippen LogP contribution in [0.1, 0.15) is 36.2 Å². The first-order valence-corrected chi connectivity index (χ1v) is 13.7. The van der Waals surface area contributed by atoms with Crippen molar-refractivity contribution in [1.82, 2.24) is 25.3 Å². The molecular weight excluding hydrogens is 566 g/mol. The number of guanidine groups is 2. The number of carboxylic acid groups (broad SMARTS) is 1. The molecule has 6 rings (SSSR count). The summed E-state index contributed by atoms with van der Waals surface area (Å²) in [5, 5.41) is 38.0. The molecule has 1 aromatic rings. The number of imide groups is 1. The lowest BCUT2D eigenvalue weighted by molar-refractivity contribution is -0.230. The Hall–Kier alpha value is -4.64. The van der Waals surface area contributed by atoms with Crippen LogP contribution < -0.4 is 26.8 Å². The average Bonchev–Trinajstić information content (AvgIpc) is 3.49. The number of nitrogens with two attached hydrogens (primary N) is 2. The highest BCUT2D eigenvalue weighted by molar-refractivity contribution is 6.03. The summed E-state index contributed by atoms with van der Waals surface area (Å²) >= 11 is 0. The first-order chi connectivity index (χ1) is 20.2. The molecule has 43 heavy (non-hydrogen) atoms. The smallest absolute Gasteiger partial charge is 0.327 e. The molecule has 0 bridgehead atoms. The minimum Gasteiger partial charge on any atom is -0.492 e. The molecule has 9 N–H and O–H groups in total. The molecule has 5 heterocycles. The topological polar surface area (TPSA) is 249 Å². The number of para-hydroxylation sites is 1. The van der Waals surface area contributed by atoms with Crippen molar-refractivity contribution in [3.8, 4) is 5.75 Å². The Balaban J connectivity index is 1.29. The number of nitrogens with one attached hydrogen (secondary N) is 2. The number of benzene rings is 1. The minimum absolute atomic E-state index is 0.175. The molecule has 1 aromatic carbocycles. The predicted octanol–water partition coefficient (Wildman–Crippen LogP) is -3.13. The Morgan fingerprint density at radius 3 is 2.67 bits per heavy atom. The van der Waals surface area contributed by atoms with Crippen molar-refractivity contribution in [3.05, 3.63) is 29.3 Å². The SMILES string of the molecule is CC1(C)CCOc2c(C(=O)NC3CN4C(N)=N[C@@H](CN5C(=O)CN(CC(=O)O)C5=O)C5N=C(N)NC54C3(O)O)cccc21. The number of hydrogen-bond acceptors (Lipinski definition) is 13. The largest absolute Gasteiger partial charge is 0.492 e. The summed E-state index contributed by atoms with van der Waals surface area (Å²) in [5.41, 5.74) is 11.3. The number of amides is 4. The zero-order chi connectivity index (χ0) is 31.1. The first-order valence-electron chi connectivity index (χ1n) is 13.7. The monoisotopic (exact) mass is 599 g/mol. The normalized spacial score (nSPS) is 30.0. The van der Waals surface area contributed by atoms with Gasteiger partial charge < -0.3 is 52.0 Å². The molecule has 4 amide bonds. The molecule has 0 aliphatic carbocycles. The van der Waals surface area contributed by atoms with Gasteiger partial charge in [0.25, 0.3) is 5.91 Å². The summed E-state index contributed by atoms with van der Waals surface area (Å²) in [5.74, 6) is -5.23. The number of carboxylic acids is 1. The third-order valence-corrected chi connectivity index (χ3v) is 8.89. The summed E-state index contributed by atoms with van der Waals surface area (Å²) in [6.07, 6.45) is 0.766. The van der Waals surface area contributed by atoms with Crippen molar-refractivity contribution in [1.29, 1.82) is 0 Å². The van der Waals surface area contributed by atoms with E-state index in [0.29, 0.717) is 12.4 Å². The van der Waals surface area contributed by atoms with E-state index in [0.717, 1.165) is 21.8 Å². The third-order valence-electron chi connectivity index (χ3n) is 8.89. The molecule has 3 unspecified atom stereocenters. The molecule has 0 radical (unpaired) electrons. The van der Waals surface area contributed by atoms with Crippen molar-refractivity contribution >= 4 is 35.7 Å². The molecule has 17 heteroatoms. The fraction of sp³-hybridized carbons (Fsp3) is 0.538. The van der Waals surface area contributed by atoms with Crippen LogP contribution in [0.25, 0.3) is 0 Å². The highest BCUT2D eigenvalue weighted by atomic mass is 16.5. The van der Waals surface area contributed by atoms with E-state index in [-0.39, 0.29) is 36.0 Å². The second kappa shape index (κ2) is 9.43. The van der Waals surface area contributed by atoms with Crippen molar-refractivity contribution in [2.75, 3.05) is 32.8 Å². The molecule has 5 aliphatic rings. The van der Waals surface area contributed by atoms with E-state index in [2.05, 4.69) is 34.5 Å². The van der Waals surface area contributed by atoms with E-state index in [4.69, 9.17) is 21.3 Å².